The highest BCUT2D eigenvalue weighted by molar-refractivity contribution is 7.80. The fourth-order valence-corrected chi connectivity index (χ4v) is 2.92. The minimum atomic E-state index is -0.316. The number of rotatable bonds is 2. The normalized spacial score (nSPS) is 21.9. The molecule has 2 heterocycles. The van der Waals surface area contributed by atoms with Crippen molar-refractivity contribution in [1.82, 2.24) is 4.90 Å². The van der Waals surface area contributed by atoms with Crippen LogP contribution in [-0.2, 0) is 4.79 Å². The van der Waals surface area contributed by atoms with Crippen LogP contribution in [0.15, 0.2) is 18.2 Å². The first-order valence-corrected chi connectivity index (χ1v) is 7.04. The van der Waals surface area contributed by atoms with Crippen molar-refractivity contribution >= 4 is 36.0 Å². The molecule has 0 spiro atoms. The second-order valence-electron chi connectivity index (χ2n) is 5.16. The van der Waals surface area contributed by atoms with Gasteiger partial charge in [0.25, 0.3) is 11.8 Å². The maximum atomic E-state index is 12.0. The SMILES string of the molecule is CN1C(=O)c2ccc(N3CC(CS)CC3=O)cc2C1=O. The van der Waals surface area contributed by atoms with Crippen molar-refractivity contribution in [1.29, 1.82) is 0 Å². The van der Waals surface area contributed by atoms with E-state index >= 15 is 0 Å². The molecule has 0 aliphatic carbocycles. The molecule has 1 aromatic carbocycles. The Bertz CT molecular complexity index is 629. The second-order valence-corrected chi connectivity index (χ2v) is 5.52. The molecular formula is C14H14N2O3S. The van der Waals surface area contributed by atoms with Gasteiger partial charge in [0.2, 0.25) is 5.91 Å². The van der Waals surface area contributed by atoms with Gasteiger partial charge in [0.1, 0.15) is 0 Å². The first-order chi connectivity index (χ1) is 9.52. The Morgan fingerprint density at radius 3 is 2.55 bits per heavy atom. The van der Waals surface area contributed by atoms with Gasteiger partial charge in [0, 0.05) is 25.7 Å². The van der Waals surface area contributed by atoms with Crippen LogP contribution in [-0.4, -0.2) is 42.0 Å². The zero-order valence-electron chi connectivity index (χ0n) is 11.0. The van der Waals surface area contributed by atoms with Crippen LogP contribution in [0.25, 0.3) is 0 Å². The lowest BCUT2D eigenvalue weighted by molar-refractivity contribution is -0.117. The predicted octanol–water partition coefficient (Wildman–Crippen LogP) is 1.20. The lowest BCUT2D eigenvalue weighted by atomic mass is 10.1. The number of nitrogens with zero attached hydrogens (tertiary/aromatic N) is 2. The van der Waals surface area contributed by atoms with Crippen molar-refractivity contribution in [3.05, 3.63) is 29.3 Å². The number of thiol groups is 1. The number of anilines is 1. The Kier molecular flexibility index (Phi) is 3.05. The summed E-state index contributed by atoms with van der Waals surface area (Å²) in [7, 11) is 1.46. The molecule has 1 unspecified atom stereocenters. The van der Waals surface area contributed by atoms with Crippen LogP contribution in [0.2, 0.25) is 0 Å². The molecule has 1 atom stereocenters. The van der Waals surface area contributed by atoms with Crippen molar-refractivity contribution in [2.24, 2.45) is 5.92 Å². The predicted molar refractivity (Wildman–Crippen MR) is 77.2 cm³/mol. The van der Waals surface area contributed by atoms with Crippen LogP contribution in [0.5, 0.6) is 0 Å². The van der Waals surface area contributed by atoms with Crippen LogP contribution in [0.4, 0.5) is 5.69 Å². The molecule has 0 saturated carbocycles. The van der Waals surface area contributed by atoms with Crippen molar-refractivity contribution in [3.8, 4) is 0 Å². The van der Waals surface area contributed by atoms with Crippen molar-refractivity contribution in [2.45, 2.75) is 6.42 Å². The minimum absolute atomic E-state index is 0.0362. The van der Waals surface area contributed by atoms with Crippen LogP contribution in [0, 0.1) is 5.92 Å². The van der Waals surface area contributed by atoms with Crippen molar-refractivity contribution < 1.29 is 14.4 Å². The monoisotopic (exact) mass is 290 g/mol. The number of carbonyl (C=O) groups is 3. The number of fused-ring (bicyclic) bond motifs is 1. The Balaban J connectivity index is 1.97. The van der Waals surface area contributed by atoms with E-state index in [1.165, 1.54) is 7.05 Å². The van der Waals surface area contributed by atoms with E-state index < -0.39 is 0 Å². The summed E-state index contributed by atoms with van der Waals surface area (Å²) >= 11 is 4.23. The van der Waals surface area contributed by atoms with Gasteiger partial charge in [-0.2, -0.15) is 12.6 Å². The Morgan fingerprint density at radius 2 is 1.90 bits per heavy atom. The maximum absolute atomic E-state index is 12.0. The summed E-state index contributed by atoms with van der Waals surface area (Å²) in [5, 5.41) is 0. The number of carbonyl (C=O) groups excluding carboxylic acids is 3. The summed E-state index contributed by atoms with van der Waals surface area (Å²) in [6.07, 6.45) is 0.480. The highest BCUT2D eigenvalue weighted by Gasteiger charge is 2.35. The van der Waals surface area contributed by atoms with Crippen LogP contribution in [0.3, 0.4) is 0 Å². The third-order valence-corrected chi connectivity index (χ3v) is 4.36. The molecule has 0 radical (unpaired) electrons. The summed E-state index contributed by atoms with van der Waals surface area (Å²) in [5.41, 5.74) is 1.45. The molecule has 5 nitrogen and oxygen atoms in total. The van der Waals surface area contributed by atoms with Crippen molar-refractivity contribution in [2.75, 3.05) is 24.2 Å². The van der Waals surface area contributed by atoms with E-state index in [1.54, 1.807) is 23.1 Å². The Labute approximate surface area is 121 Å². The van der Waals surface area contributed by atoms with E-state index in [2.05, 4.69) is 12.6 Å². The van der Waals surface area contributed by atoms with Gasteiger partial charge in [-0.3, -0.25) is 19.3 Å². The summed E-state index contributed by atoms with van der Waals surface area (Å²) in [6, 6.07) is 4.98. The highest BCUT2D eigenvalue weighted by atomic mass is 32.1. The van der Waals surface area contributed by atoms with Gasteiger partial charge < -0.3 is 4.90 Å². The smallest absolute Gasteiger partial charge is 0.261 e. The molecule has 6 heteroatoms. The van der Waals surface area contributed by atoms with E-state index in [1.807, 2.05) is 0 Å². The summed E-state index contributed by atoms with van der Waals surface area (Å²) in [6.45, 7) is 0.610. The van der Waals surface area contributed by atoms with E-state index in [4.69, 9.17) is 0 Å². The standard InChI is InChI=1S/C14H14N2O3S/c1-15-13(18)10-3-2-9(5-11(10)14(15)19)16-6-8(7-20)4-12(16)17/h2-3,5,8,20H,4,6-7H2,1H3. The van der Waals surface area contributed by atoms with E-state index in [-0.39, 0.29) is 23.6 Å². The topological polar surface area (TPSA) is 57.7 Å². The molecule has 0 bridgehead atoms. The van der Waals surface area contributed by atoms with E-state index in [9.17, 15) is 14.4 Å². The van der Waals surface area contributed by atoms with Gasteiger partial charge in [0.15, 0.2) is 0 Å². The van der Waals surface area contributed by atoms with Crippen LogP contribution in [0.1, 0.15) is 27.1 Å². The van der Waals surface area contributed by atoms with Crippen LogP contribution >= 0.6 is 12.6 Å². The summed E-state index contributed by atoms with van der Waals surface area (Å²) < 4.78 is 0. The quantitative estimate of drug-likeness (QED) is 0.657. The fraction of sp³-hybridized carbons (Fsp3) is 0.357. The molecule has 1 saturated heterocycles. The van der Waals surface area contributed by atoms with Crippen LogP contribution < -0.4 is 4.90 Å². The third-order valence-electron chi connectivity index (χ3n) is 3.85. The molecule has 1 fully saturated rings. The zero-order chi connectivity index (χ0) is 14.4. The maximum Gasteiger partial charge on any atom is 0.261 e. The lowest BCUT2D eigenvalue weighted by Crippen LogP contribution is -2.25. The molecule has 2 aliphatic heterocycles. The molecule has 0 aromatic heterocycles. The summed E-state index contributed by atoms with van der Waals surface area (Å²) in [4.78, 5) is 38.5. The molecule has 0 N–H and O–H groups in total. The highest BCUT2D eigenvalue weighted by Crippen LogP contribution is 2.30. The zero-order valence-corrected chi connectivity index (χ0v) is 11.9. The third kappa shape index (κ3) is 1.83. The van der Waals surface area contributed by atoms with Gasteiger partial charge in [0.05, 0.1) is 11.1 Å². The molecule has 1 aromatic rings. The Hall–Kier alpha value is -1.82. The molecule has 104 valence electrons. The largest absolute Gasteiger partial charge is 0.312 e. The number of amides is 3. The lowest BCUT2D eigenvalue weighted by Gasteiger charge is -2.17. The summed E-state index contributed by atoms with van der Waals surface area (Å²) in [5.74, 6) is 0.322. The van der Waals surface area contributed by atoms with Gasteiger partial charge in [-0.25, -0.2) is 0 Å². The number of imide groups is 1. The van der Waals surface area contributed by atoms with Gasteiger partial charge in [-0.15, -0.1) is 0 Å². The average molecular weight is 290 g/mol. The molecule has 2 aliphatic rings. The van der Waals surface area contributed by atoms with Gasteiger partial charge in [-0.05, 0) is 29.9 Å². The minimum Gasteiger partial charge on any atom is -0.312 e. The first-order valence-electron chi connectivity index (χ1n) is 6.40. The fourth-order valence-electron chi connectivity index (χ4n) is 2.67. The van der Waals surface area contributed by atoms with Gasteiger partial charge >= 0.3 is 0 Å². The second kappa shape index (κ2) is 4.63. The average Bonchev–Trinajstić information content (AvgIpc) is 2.93. The van der Waals surface area contributed by atoms with E-state index in [0.29, 0.717) is 35.5 Å². The molecule has 3 amide bonds. The number of hydrogen-bond acceptors (Lipinski definition) is 4. The van der Waals surface area contributed by atoms with Crippen molar-refractivity contribution in [3.63, 3.8) is 0 Å². The number of benzene rings is 1. The van der Waals surface area contributed by atoms with Gasteiger partial charge in [-0.1, -0.05) is 0 Å². The molecule has 20 heavy (non-hydrogen) atoms. The van der Waals surface area contributed by atoms with E-state index in [0.717, 1.165) is 4.90 Å². The first kappa shape index (κ1) is 13.2. The number of hydrogen-bond donors (Lipinski definition) is 1. The molecule has 3 rings (SSSR count). The molecular weight excluding hydrogens is 276 g/mol. The Morgan fingerprint density at radius 1 is 1.20 bits per heavy atom.